The summed E-state index contributed by atoms with van der Waals surface area (Å²) < 4.78 is 4.91. The highest BCUT2D eigenvalue weighted by Gasteiger charge is 2.45. The van der Waals surface area contributed by atoms with Crippen LogP contribution in [-0.4, -0.2) is 32.7 Å². The molecule has 4 nitrogen and oxygen atoms in total. The standard InChI is InChI=1S/C14H19ClN2O2/c1-19-8-7-16-10-13(18)17-14(5-6-14)11-3-2-4-12(15)9-11/h2-4,9,16H,5-8,10H2,1H3,(H,17,18). The van der Waals surface area contributed by atoms with Crippen LogP contribution in [0, 0.1) is 0 Å². The third-order valence-corrected chi connectivity index (χ3v) is 3.51. The molecule has 5 heteroatoms. The van der Waals surface area contributed by atoms with E-state index in [-0.39, 0.29) is 11.4 Å². The van der Waals surface area contributed by atoms with Gasteiger partial charge in [-0.25, -0.2) is 0 Å². The fraction of sp³-hybridized carbons (Fsp3) is 0.500. The average Bonchev–Trinajstić information content (AvgIpc) is 3.16. The van der Waals surface area contributed by atoms with Crippen molar-refractivity contribution >= 4 is 17.5 Å². The fourth-order valence-corrected chi connectivity index (χ4v) is 2.27. The molecular formula is C14H19ClN2O2. The maximum absolute atomic E-state index is 11.9. The van der Waals surface area contributed by atoms with Crippen LogP contribution in [0.2, 0.25) is 5.02 Å². The van der Waals surface area contributed by atoms with Crippen LogP contribution in [0.4, 0.5) is 0 Å². The third-order valence-electron chi connectivity index (χ3n) is 3.27. The van der Waals surface area contributed by atoms with Crippen molar-refractivity contribution in [1.29, 1.82) is 0 Å². The largest absolute Gasteiger partial charge is 0.383 e. The van der Waals surface area contributed by atoms with E-state index >= 15 is 0 Å². The molecule has 0 bridgehead atoms. The second-order valence-corrected chi connectivity index (χ2v) is 5.25. The zero-order chi connectivity index (χ0) is 13.7. The van der Waals surface area contributed by atoms with Gasteiger partial charge < -0.3 is 15.4 Å². The Morgan fingerprint density at radius 2 is 2.26 bits per heavy atom. The van der Waals surface area contributed by atoms with E-state index in [0.29, 0.717) is 24.7 Å². The summed E-state index contributed by atoms with van der Waals surface area (Å²) in [4.78, 5) is 11.9. The van der Waals surface area contributed by atoms with Gasteiger partial charge in [-0.2, -0.15) is 0 Å². The minimum atomic E-state index is -0.203. The van der Waals surface area contributed by atoms with Gasteiger partial charge in [0.2, 0.25) is 5.91 Å². The average molecular weight is 283 g/mol. The number of benzene rings is 1. The molecule has 2 N–H and O–H groups in total. The molecule has 19 heavy (non-hydrogen) atoms. The normalized spacial score (nSPS) is 16.1. The van der Waals surface area contributed by atoms with Crippen LogP contribution in [0.1, 0.15) is 18.4 Å². The molecule has 1 amide bonds. The highest BCUT2D eigenvalue weighted by Crippen LogP contribution is 2.45. The molecule has 1 saturated carbocycles. The Hall–Kier alpha value is -1.10. The van der Waals surface area contributed by atoms with Crippen LogP contribution < -0.4 is 10.6 Å². The maximum atomic E-state index is 11.9. The highest BCUT2D eigenvalue weighted by atomic mass is 35.5. The van der Waals surface area contributed by atoms with E-state index in [4.69, 9.17) is 16.3 Å². The Bertz CT molecular complexity index is 447. The van der Waals surface area contributed by atoms with Gasteiger partial charge in [-0.1, -0.05) is 23.7 Å². The topological polar surface area (TPSA) is 50.4 Å². The molecule has 0 atom stereocenters. The molecule has 1 aliphatic carbocycles. The number of amides is 1. The van der Waals surface area contributed by atoms with Crippen LogP contribution in [0.5, 0.6) is 0 Å². The number of ether oxygens (including phenoxy) is 1. The van der Waals surface area contributed by atoms with Gasteiger partial charge >= 0.3 is 0 Å². The first-order chi connectivity index (χ1) is 9.16. The molecule has 0 radical (unpaired) electrons. The smallest absolute Gasteiger partial charge is 0.234 e. The lowest BCUT2D eigenvalue weighted by molar-refractivity contribution is -0.121. The summed E-state index contributed by atoms with van der Waals surface area (Å²) in [5.74, 6) is 0.00794. The predicted molar refractivity (Wildman–Crippen MR) is 75.3 cm³/mol. The number of carbonyl (C=O) groups is 1. The fourth-order valence-electron chi connectivity index (χ4n) is 2.08. The van der Waals surface area contributed by atoms with Gasteiger partial charge in [-0.05, 0) is 30.5 Å². The Kier molecular flexibility index (Phi) is 4.80. The second-order valence-electron chi connectivity index (χ2n) is 4.81. The second kappa shape index (κ2) is 6.37. The zero-order valence-corrected chi connectivity index (χ0v) is 11.8. The highest BCUT2D eigenvalue weighted by molar-refractivity contribution is 6.30. The van der Waals surface area contributed by atoms with Gasteiger partial charge in [0.25, 0.3) is 0 Å². The Balaban J connectivity index is 1.86. The minimum absolute atomic E-state index is 0.00794. The van der Waals surface area contributed by atoms with Crippen molar-refractivity contribution in [3.63, 3.8) is 0 Å². The van der Waals surface area contributed by atoms with E-state index in [1.165, 1.54) is 0 Å². The lowest BCUT2D eigenvalue weighted by atomic mass is 10.1. The number of halogens is 1. The summed E-state index contributed by atoms with van der Waals surface area (Å²) >= 11 is 5.99. The molecule has 0 aliphatic heterocycles. The predicted octanol–water partition coefficient (Wildman–Crippen LogP) is 1.68. The number of nitrogens with one attached hydrogen (secondary N) is 2. The Morgan fingerprint density at radius 1 is 1.47 bits per heavy atom. The van der Waals surface area contributed by atoms with Crippen LogP contribution in [0.15, 0.2) is 24.3 Å². The van der Waals surface area contributed by atoms with Crippen molar-refractivity contribution in [2.75, 3.05) is 26.8 Å². The van der Waals surface area contributed by atoms with Gasteiger partial charge in [0.05, 0.1) is 18.7 Å². The summed E-state index contributed by atoms with van der Waals surface area (Å²) in [5, 5.41) is 6.83. The first kappa shape index (κ1) is 14.3. The number of rotatable bonds is 7. The number of methoxy groups -OCH3 is 1. The van der Waals surface area contributed by atoms with E-state index in [1.807, 2.05) is 24.3 Å². The Labute approximate surface area is 118 Å². The maximum Gasteiger partial charge on any atom is 0.234 e. The molecular weight excluding hydrogens is 264 g/mol. The van der Waals surface area contributed by atoms with Gasteiger partial charge in [0.15, 0.2) is 0 Å². The first-order valence-electron chi connectivity index (χ1n) is 6.43. The molecule has 0 spiro atoms. The quantitative estimate of drug-likeness (QED) is 0.748. The van der Waals surface area contributed by atoms with Gasteiger partial charge in [-0.3, -0.25) is 4.79 Å². The molecule has 0 heterocycles. The van der Waals surface area contributed by atoms with Gasteiger partial charge in [0, 0.05) is 18.7 Å². The Morgan fingerprint density at radius 3 is 2.89 bits per heavy atom. The van der Waals surface area contributed by atoms with Crippen molar-refractivity contribution in [3.05, 3.63) is 34.9 Å². The SMILES string of the molecule is COCCNCC(=O)NC1(c2cccc(Cl)c2)CC1. The van der Waals surface area contributed by atoms with E-state index in [1.54, 1.807) is 7.11 Å². The number of hydrogen-bond donors (Lipinski definition) is 2. The molecule has 1 fully saturated rings. The van der Waals surface area contributed by atoms with E-state index < -0.39 is 0 Å². The molecule has 2 rings (SSSR count). The lowest BCUT2D eigenvalue weighted by Crippen LogP contribution is -2.41. The summed E-state index contributed by atoms with van der Waals surface area (Å²) in [6.07, 6.45) is 1.94. The monoisotopic (exact) mass is 282 g/mol. The summed E-state index contributed by atoms with van der Waals surface area (Å²) in [6.45, 7) is 1.59. The van der Waals surface area contributed by atoms with Gasteiger partial charge in [0.1, 0.15) is 0 Å². The summed E-state index contributed by atoms with van der Waals surface area (Å²) in [5.41, 5.74) is 0.885. The van der Waals surface area contributed by atoms with Crippen LogP contribution in [-0.2, 0) is 15.1 Å². The van der Waals surface area contributed by atoms with Gasteiger partial charge in [-0.15, -0.1) is 0 Å². The van der Waals surface area contributed by atoms with E-state index in [9.17, 15) is 4.79 Å². The van der Waals surface area contributed by atoms with Crippen molar-refractivity contribution < 1.29 is 9.53 Å². The molecule has 1 aliphatic rings. The molecule has 104 valence electrons. The number of carbonyl (C=O) groups excluding carboxylic acids is 1. The van der Waals surface area contributed by atoms with Crippen molar-refractivity contribution in [1.82, 2.24) is 10.6 Å². The van der Waals surface area contributed by atoms with Crippen LogP contribution in [0.25, 0.3) is 0 Å². The van der Waals surface area contributed by atoms with E-state index in [2.05, 4.69) is 10.6 Å². The summed E-state index contributed by atoms with van der Waals surface area (Å²) in [7, 11) is 1.64. The van der Waals surface area contributed by atoms with Crippen LogP contribution in [0.3, 0.4) is 0 Å². The minimum Gasteiger partial charge on any atom is -0.383 e. The van der Waals surface area contributed by atoms with Crippen LogP contribution >= 0.6 is 11.6 Å². The van der Waals surface area contributed by atoms with Crippen molar-refractivity contribution in [2.45, 2.75) is 18.4 Å². The number of hydrogen-bond acceptors (Lipinski definition) is 3. The molecule has 0 saturated heterocycles. The third kappa shape index (κ3) is 3.93. The molecule has 0 aromatic heterocycles. The first-order valence-corrected chi connectivity index (χ1v) is 6.81. The lowest BCUT2D eigenvalue weighted by Gasteiger charge is -2.18. The zero-order valence-electron chi connectivity index (χ0n) is 11.0. The molecule has 1 aromatic rings. The molecule has 1 aromatic carbocycles. The van der Waals surface area contributed by atoms with E-state index in [0.717, 1.165) is 18.4 Å². The van der Waals surface area contributed by atoms with Crippen molar-refractivity contribution in [3.8, 4) is 0 Å². The summed E-state index contributed by atoms with van der Waals surface area (Å²) in [6, 6.07) is 7.70. The van der Waals surface area contributed by atoms with Crippen molar-refractivity contribution in [2.24, 2.45) is 0 Å². The molecule has 0 unspecified atom stereocenters.